The number of para-hydroxylation sites is 1. The topological polar surface area (TPSA) is 12.5 Å². The van der Waals surface area contributed by atoms with Crippen LogP contribution >= 0.6 is 0 Å². The van der Waals surface area contributed by atoms with E-state index in [1.807, 2.05) is 0 Å². The van der Waals surface area contributed by atoms with Crippen LogP contribution in [0, 0.1) is 0 Å². The lowest BCUT2D eigenvalue weighted by atomic mass is 9.76. The van der Waals surface area contributed by atoms with Crippen molar-refractivity contribution in [3.63, 3.8) is 0 Å². The molecule has 3 aromatic rings. The lowest BCUT2D eigenvalue weighted by Crippen LogP contribution is -2.36. The first-order chi connectivity index (χ1) is 15.4. The van der Waals surface area contributed by atoms with Gasteiger partial charge in [-0.05, 0) is 83.7 Å². The predicted octanol–water partition coefficient (Wildman–Crippen LogP) is 6.99. The van der Waals surface area contributed by atoms with Gasteiger partial charge in [0.05, 0.1) is 0 Å². The normalized spacial score (nSPS) is 21.7. The van der Waals surface area contributed by atoms with Crippen LogP contribution in [0.4, 0.5) is 5.69 Å². The molecule has 0 aromatic heterocycles. The molecular weight excluding hydrogens is 378 g/mol. The smallest absolute Gasteiger partial charge is 0.135 e. The average Bonchev–Trinajstić information content (AvgIpc) is 2.83. The van der Waals surface area contributed by atoms with Crippen molar-refractivity contribution in [1.82, 2.24) is 0 Å². The molecule has 1 aliphatic carbocycles. The highest BCUT2D eigenvalue weighted by molar-refractivity contribution is 5.94. The molecule has 3 aliphatic heterocycles. The minimum Gasteiger partial charge on any atom is -0.456 e. The maximum Gasteiger partial charge on any atom is 0.135 e. The summed E-state index contributed by atoms with van der Waals surface area (Å²) >= 11 is 0. The van der Waals surface area contributed by atoms with E-state index in [-0.39, 0.29) is 0 Å². The molecule has 0 saturated carbocycles. The van der Waals surface area contributed by atoms with Gasteiger partial charge in [-0.15, -0.1) is 0 Å². The fraction of sp³-hybridized carbons (Fsp3) is 0.310. The van der Waals surface area contributed by atoms with Crippen LogP contribution in [-0.4, -0.2) is 13.1 Å². The molecule has 0 amide bonds. The van der Waals surface area contributed by atoms with Crippen LogP contribution in [0.3, 0.4) is 0 Å². The Kier molecular flexibility index (Phi) is 3.84. The third-order valence-electron chi connectivity index (χ3n) is 7.76. The fourth-order valence-electron chi connectivity index (χ4n) is 6.38. The number of hydrogen-bond acceptors (Lipinski definition) is 2. The van der Waals surface area contributed by atoms with Crippen LogP contribution in [0.15, 0.2) is 71.5 Å². The van der Waals surface area contributed by atoms with Crippen molar-refractivity contribution in [2.24, 2.45) is 0 Å². The summed E-state index contributed by atoms with van der Waals surface area (Å²) in [5.41, 5.74) is 8.82. The standard InChI is InChI=1S/C29H27NO/c1-2-10-22-19(6-1)13-14-27-26(22)18-21-8-4-12-25(29(21)31-27)23-15-17-30-16-5-9-20-7-3-11-24(23)28(20)30/h1-3,6-7,10-11,13-14,18,23H,4-5,8-9,12,15-17H2. The van der Waals surface area contributed by atoms with Crippen LogP contribution in [0.1, 0.15) is 54.7 Å². The highest BCUT2D eigenvalue weighted by atomic mass is 16.5. The van der Waals surface area contributed by atoms with Crippen molar-refractivity contribution < 1.29 is 4.74 Å². The third-order valence-corrected chi connectivity index (χ3v) is 7.76. The van der Waals surface area contributed by atoms with E-state index < -0.39 is 0 Å². The zero-order valence-corrected chi connectivity index (χ0v) is 17.9. The summed E-state index contributed by atoms with van der Waals surface area (Å²) in [6.45, 7) is 2.39. The van der Waals surface area contributed by atoms with E-state index in [1.165, 1.54) is 77.7 Å². The van der Waals surface area contributed by atoms with E-state index in [2.05, 4.69) is 65.6 Å². The average molecular weight is 406 g/mol. The van der Waals surface area contributed by atoms with Crippen LogP contribution in [0.5, 0.6) is 5.75 Å². The number of allylic oxidation sites excluding steroid dienone is 2. The highest BCUT2D eigenvalue weighted by Crippen LogP contribution is 2.50. The summed E-state index contributed by atoms with van der Waals surface area (Å²) in [5.74, 6) is 2.69. The molecule has 3 aromatic carbocycles. The number of hydrogen-bond donors (Lipinski definition) is 0. The molecule has 31 heavy (non-hydrogen) atoms. The van der Waals surface area contributed by atoms with Crippen molar-refractivity contribution in [3.05, 3.63) is 88.2 Å². The van der Waals surface area contributed by atoms with E-state index in [9.17, 15) is 0 Å². The summed E-state index contributed by atoms with van der Waals surface area (Å²) < 4.78 is 6.72. The summed E-state index contributed by atoms with van der Waals surface area (Å²) in [7, 11) is 0. The van der Waals surface area contributed by atoms with E-state index in [0.29, 0.717) is 5.92 Å². The molecule has 4 aliphatic rings. The maximum atomic E-state index is 6.72. The summed E-state index contributed by atoms with van der Waals surface area (Å²) in [6.07, 6.45) is 9.64. The number of rotatable bonds is 1. The molecule has 1 unspecified atom stereocenters. The van der Waals surface area contributed by atoms with Crippen LogP contribution < -0.4 is 9.64 Å². The molecule has 0 radical (unpaired) electrons. The molecule has 0 saturated heterocycles. The van der Waals surface area contributed by atoms with Gasteiger partial charge in [-0.3, -0.25) is 0 Å². The second-order valence-electron chi connectivity index (χ2n) is 9.46. The van der Waals surface area contributed by atoms with Gasteiger partial charge in [0, 0.05) is 30.3 Å². The van der Waals surface area contributed by atoms with Crippen molar-refractivity contribution in [2.75, 3.05) is 18.0 Å². The van der Waals surface area contributed by atoms with E-state index in [4.69, 9.17) is 4.74 Å². The number of anilines is 1. The fourth-order valence-corrected chi connectivity index (χ4v) is 6.38. The van der Waals surface area contributed by atoms with Crippen LogP contribution in [0.2, 0.25) is 0 Å². The minimum absolute atomic E-state index is 0.491. The quantitative estimate of drug-likeness (QED) is 0.432. The molecule has 3 heterocycles. The Hall–Kier alpha value is -3.00. The molecule has 2 nitrogen and oxygen atoms in total. The first-order valence-corrected chi connectivity index (χ1v) is 11.9. The molecule has 154 valence electrons. The molecule has 0 fully saturated rings. The number of ether oxygens (including phenoxy) is 1. The van der Waals surface area contributed by atoms with Crippen molar-refractivity contribution >= 4 is 22.5 Å². The zero-order chi connectivity index (χ0) is 20.4. The zero-order valence-electron chi connectivity index (χ0n) is 17.9. The molecule has 7 rings (SSSR count). The van der Waals surface area contributed by atoms with E-state index in [0.717, 1.165) is 18.6 Å². The van der Waals surface area contributed by atoms with Crippen molar-refractivity contribution in [3.8, 4) is 5.75 Å². The second kappa shape index (κ2) is 6.75. The lowest BCUT2D eigenvalue weighted by Gasteiger charge is -2.42. The first kappa shape index (κ1) is 17.7. The van der Waals surface area contributed by atoms with Gasteiger partial charge in [0.1, 0.15) is 11.5 Å². The number of fused-ring (bicyclic) bond motifs is 4. The SMILES string of the molecule is C1=C2CCCC(C3CCN4CCCc5cccc3c54)=C2Oc2ccc3ccccc3c21. The van der Waals surface area contributed by atoms with Crippen LogP contribution in [0.25, 0.3) is 16.8 Å². The maximum absolute atomic E-state index is 6.72. The predicted molar refractivity (Wildman–Crippen MR) is 128 cm³/mol. The van der Waals surface area contributed by atoms with Crippen LogP contribution in [-0.2, 0) is 6.42 Å². The molecule has 2 heteroatoms. The monoisotopic (exact) mass is 405 g/mol. The second-order valence-corrected chi connectivity index (χ2v) is 9.46. The van der Waals surface area contributed by atoms with Gasteiger partial charge in [0.15, 0.2) is 0 Å². The number of nitrogens with zero attached hydrogens (tertiary/aromatic N) is 1. The van der Waals surface area contributed by atoms with E-state index in [1.54, 1.807) is 11.1 Å². The molecule has 1 atom stereocenters. The molecule has 0 bridgehead atoms. The summed E-state index contributed by atoms with van der Waals surface area (Å²) in [5, 5.41) is 2.58. The third kappa shape index (κ3) is 2.64. The Morgan fingerprint density at radius 2 is 1.81 bits per heavy atom. The molecule has 0 N–H and O–H groups in total. The Bertz CT molecular complexity index is 1280. The molecule has 0 spiro atoms. The number of aryl methyl sites for hydroxylation is 1. The van der Waals surface area contributed by atoms with Crippen molar-refractivity contribution in [1.29, 1.82) is 0 Å². The lowest BCUT2D eigenvalue weighted by molar-refractivity contribution is 0.396. The Morgan fingerprint density at radius 1 is 0.839 bits per heavy atom. The first-order valence-electron chi connectivity index (χ1n) is 11.9. The van der Waals surface area contributed by atoms with Gasteiger partial charge in [0.2, 0.25) is 0 Å². The summed E-state index contributed by atoms with van der Waals surface area (Å²) in [6, 6.07) is 20.0. The largest absolute Gasteiger partial charge is 0.456 e. The van der Waals surface area contributed by atoms with Gasteiger partial charge < -0.3 is 9.64 Å². The van der Waals surface area contributed by atoms with Gasteiger partial charge in [-0.1, -0.05) is 48.5 Å². The van der Waals surface area contributed by atoms with Gasteiger partial charge in [-0.2, -0.15) is 0 Å². The highest BCUT2D eigenvalue weighted by Gasteiger charge is 2.35. The Balaban J connectivity index is 1.38. The number of benzene rings is 3. The van der Waals surface area contributed by atoms with E-state index >= 15 is 0 Å². The minimum atomic E-state index is 0.491. The summed E-state index contributed by atoms with van der Waals surface area (Å²) in [4.78, 5) is 2.64. The van der Waals surface area contributed by atoms with Gasteiger partial charge >= 0.3 is 0 Å². The van der Waals surface area contributed by atoms with Gasteiger partial charge in [0.25, 0.3) is 0 Å². The molecular formula is C29H27NO. The van der Waals surface area contributed by atoms with Gasteiger partial charge in [-0.25, -0.2) is 0 Å². The van der Waals surface area contributed by atoms with Crippen molar-refractivity contribution in [2.45, 2.75) is 44.4 Å². The Labute approximate surface area is 183 Å². The Morgan fingerprint density at radius 3 is 2.81 bits per heavy atom.